The highest BCUT2D eigenvalue weighted by atomic mass is 16.5. The molecular weight excluding hydrogens is 472 g/mol. The van der Waals surface area contributed by atoms with Gasteiger partial charge in [-0.2, -0.15) is 0 Å². The van der Waals surface area contributed by atoms with Crippen LogP contribution in [0.1, 0.15) is 16.2 Å². The number of aromatic nitrogens is 4. The molecule has 5 rings (SSSR count). The van der Waals surface area contributed by atoms with Gasteiger partial charge in [-0.3, -0.25) is 14.3 Å². The minimum atomic E-state index is 0.596. The highest BCUT2D eigenvalue weighted by molar-refractivity contribution is 5.89. The Morgan fingerprint density at radius 2 is 1.76 bits per heavy atom. The standard InChI is InChI=1S/C27H30N6O4/c1-18-29-25(28-10-11-32-12-14-37-15-13-32)24-27(30-18)33(21-8-9-22(35-2)23(16-21)36-3)26(31-24)20-6-4-19(17-34)5-7-20/h4-9,16-17H,10-15H2,1-3H3,(H,28,29,30). The number of aryl methyl sites for hydroxylation is 1. The predicted octanol–water partition coefficient (Wildman–Crippen LogP) is 3.36. The Hall–Kier alpha value is -4.02. The SMILES string of the molecule is COc1ccc(-n2c(-c3ccc(C=O)cc3)nc3c(NCCN4CCOCC4)nc(C)nc32)cc1OC. The largest absolute Gasteiger partial charge is 0.493 e. The van der Waals surface area contributed by atoms with Gasteiger partial charge in [-0.05, 0) is 19.1 Å². The summed E-state index contributed by atoms with van der Waals surface area (Å²) in [4.78, 5) is 28.1. The number of methoxy groups -OCH3 is 2. The molecule has 10 nitrogen and oxygen atoms in total. The third-order valence-corrected chi connectivity index (χ3v) is 6.37. The number of rotatable bonds is 9. The summed E-state index contributed by atoms with van der Waals surface area (Å²) in [6.07, 6.45) is 0.826. The van der Waals surface area contributed by atoms with Crippen LogP contribution in [0.5, 0.6) is 11.5 Å². The summed E-state index contributed by atoms with van der Waals surface area (Å²) in [5.41, 5.74) is 3.58. The number of hydrogen-bond donors (Lipinski definition) is 1. The topological polar surface area (TPSA) is 104 Å². The van der Waals surface area contributed by atoms with Crippen LogP contribution in [0.25, 0.3) is 28.2 Å². The van der Waals surface area contributed by atoms with Crippen molar-refractivity contribution in [1.82, 2.24) is 24.4 Å². The number of carbonyl (C=O) groups excluding carboxylic acids is 1. The number of ether oxygens (including phenoxy) is 3. The summed E-state index contributed by atoms with van der Waals surface area (Å²) in [7, 11) is 3.21. The van der Waals surface area contributed by atoms with E-state index in [0.717, 1.165) is 56.9 Å². The molecule has 0 unspecified atom stereocenters. The molecule has 0 aliphatic carbocycles. The van der Waals surface area contributed by atoms with Crippen LogP contribution in [0.15, 0.2) is 42.5 Å². The Morgan fingerprint density at radius 3 is 2.46 bits per heavy atom. The highest BCUT2D eigenvalue weighted by Gasteiger charge is 2.21. The molecule has 2 aromatic heterocycles. The van der Waals surface area contributed by atoms with Crippen molar-refractivity contribution in [2.24, 2.45) is 0 Å². The van der Waals surface area contributed by atoms with Crippen molar-refractivity contribution < 1.29 is 19.0 Å². The van der Waals surface area contributed by atoms with Gasteiger partial charge in [-0.25, -0.2) is 15.0 Å². The Kier molecular flexibility index (Phi) is 7.29. The predicted molar refractivity (Wildman–Crippen MR) is 141 cm³/mol. The molecule has 10 heteroatoms. The van der Waals surface area contributed by atoms with E-state index in [-0.39, 0.29) is 0 Å². The Balaban J connectivity index is 1.61. The summed E-state index contributed by atoms with van der Waals surface area (Å²) in [5, 5.41) is 3.48. The molecule has 0 saturated carbocycles. The number of fused-ring (bicyclic) bond motifs is 1. The average Bonchev–Trinajstić information content (AvgIpc) is 3.32. The molecule has 0 atom stereocenters. The van der Waals surface area contributed by atoms with E-state index in [4.69, 9.17) is 24.2 Å². The highest BCUT2D eigenvalue weighted by Crippen LogP contribution is 2.35. The first-order valence-electron chi connectivity index (χ1n) is 12.2. The van der Waals surface area contributed by atoms with E-state index in [1.807, 2.05) is 41.8 Å². The summed E-state index contributed by atoms with van der Waals surface area (Å²) >= 11 is 0. The van der Waals surface area contributed by atoms with Crippen molar-refractivity contribution in [2.45, 2.75) is 6.92 Å². The summed E-state index contributed by atoms with van der Waals surface area (Å²) in [6.45, 7) is 6.85. The molecule has 1 saturated heterocycles. The number of nitrogens with one attached hydrogen (secondary N) is 1. The zero-order valence-corrected chi connectivity index (χ0v) is 21.2. The van der Waals surface area contributed by atoms with Gasteiger partial charge in [0, 0.05) is 43.4 Å². The van der Waals surface area contributed by atoms with E-state index >= 15 is 0 Å². The monoisotopic (exact) mass is 502 g/mol. The van der Waals surface area contributed by atoms with Gasteiger partial charge in [0.25, 0.3) is 0 Å². The maximum absolute atomic E-state index is 11.2. The maximum atomic E-state index is 11.2. The Labute approximate surface area is 215 Å². The maximum Gasteiger partial charge on any atom is 0.170 e. The van der Waals surface area contributed by atoms with E-state index in [9.17, 15) is 4.79 Å². The first-order valence-corrected chi connectivity index (χ1v) is 12.2. The minimum Gasteiger partial charge on any atom is -0.493 e. The first kappa shape index (κ1) is 24.7. The third kappa shape index (κ3) is 5.11. The van der Waals surface area contributed by atoms with Gasteiger partial charge in [0.15, 0.2) is 28.5 Å². The van der Waals surface area contributed by atoms with Crippen LogP contribution in [-0.2, 0) is 4.74 Å². The van der Waals surface area contributed by atoms with Crippen LogP contribution in [-0.4, -0.2) is 84.3 Å². The lowest BCUT2D eigenvalue weighted by molar-refractivity contribution is 0.0398. The molecule has 0 spiro atoms. The van der Waals surface area contributed by atoms with Crippen molar-refractivity contribution in [3.8, 4) is 28.6 Å². The van der Waals surface area contributed by atoms with Crippen LogP contribution in [0.3, 0.4) is 0 Å². The van der Waals surface area contributed by atoms with Crippen LogP contribution < -0.4 is 14.8 Å². The van der Waals surface area contributed by atoms with Gasteiger partial charge in [-0.15, -0.1) is 0 Å². The molecular formula is C27H30N6O4. The van der Waals surface area contributed by atoms with E-state index in [1.54, 1.807) is 26.4 Å². The lowest BCUT2D eigenvalue weighted by Gasteiger charge is -2.26. The zero-order valence-electron chi connectivity index (χ0n) is 21.2. The van der Waals surface area contributed by atoms with Gasteiger partial charge in [-0.1, -0.05) is 24.3 Å². The molecule has 37 heavy (non-hydrogen) atoms. The van der Waals surface area contributed by atoms with Crippen LogP contribution in [0, 0.1) is 6.92 Å². The molecule has 0 bridgehead atoms. The zero-order chi connectivity index (χ0) is 25.8. The summed E-state index contributed by atoms with van der Waals surface area (Å²) < 4.78 is 18.4. The van der Waals surface area contributed by atoms with Crippen molar-refractivity contribution in [3.63, 3.8) is 0 Å². The second-order valence-corrected chi connectivity index (χ2v) is 8.72. The van der Waals surface area contributed by atoms with Crippen LogP contribution in [0.2, 0.25) is 0 Å². The van der Waals surface area contributed by atoms with Gasteiger partial charge in [0.2, 0.25) is 0 Å². The molecule has 4 aromatic rings. The van der Waals surface area contributed by atoms with Crippen LogP contribution in [0.4, 0.5) is 5.82 Å². The molecule has 1 aliphatic rings. The molecule has 3 heterocycles. The van der Waals surface area contributed by atoms with E-state index in [0.29, 0.717) is 45.7 Å². The van der Waals surface area contributed by atoms with Gasteiger partial charge < -0.3 is 19.5 Å². The fourth-order valence-electron chi connectivity index (χ4n) is 4.46. The molecule has 2 aromatic carbocycles. The molecule has 0 radical (unpaired) electrons. The second-order valence-electron chi connectivity index (χ2n) is 8.72. The number of hydrogen-bond acceptors (Lipinski definition) is 9. The second kappa shape index (κ2) is 10.9. The number of aldehydes is 1. The number of anilines is 1. The lowest BCUT2D eigenvalue weighted by atomic mass is 10.1. The lowest BCUT2D eigenvalue weighted by Crippen LogP contribution is -2.39. The van der Waals surface area contributed by atoms with Crippen molar-refractivity contribution in [3.05, 3.63) is 53.9 Å². The molecule has 1 aliphatic heterocycles. The number of carbonyl (C=O) groups is 1. The number of morpholine rings is 1. The molecule has 0 amide bonds. The number of nitrogens with zero attached hydrogens (tertiary/aromatic N) is 5. The summed E-state index contributed by atoms with van der Waals surface area (Å²) in [5.74, 6) is 3.21. The Bertz CT molecular complexity index is 1400. The van der Waals surface area contributed by atoms with E-state index in [1.165, 1.54) is 0 Å². The smallest absolute Gasteiger partial charge is 0.170 e. The van der Waals surface area contributed by atoms with Gasteiger partial charge in [0.05, 0.1) is 33.1 Å². The first-order chi connectivity index (χ1) is 18.1. The number of benzene rings is 2. The molecule has 1 N–H and O–H groups in total. The van der Waals surface area contributed by atoms with Crippen LogP contribution >= 0.6 is 0 Å². The fourth-order valence-corrected chi connectivity index (χ4v) is 4.46. The number of imidazole rings is 1. The van der Waals surface area contributed by atoms with Crippen molar-refractivity contribution in [2.75, 3.05) is 58.9 Å². The van der Waals surface area contributed by atoms with E-state index < -0.39 is 0 Å². The van der Waals surface area contributed by atoms with Crippen molar-refractivity contribution in [1.29, 1.82) is 0 Å². The summed E-state index contributed by atoms with van der Waals surface area (Å²) in [6, 6.07) is 13.0. The van der Waals surface area contributed by atoms with E-state index in [2.05, 4.69) is 15.2 Å². The molecule has 192 valence electrons. The van der Waals surface area contributed by atoms with Crippen molar-refractivity contribution >= 4 is 23.3 Å². The van der Waals surface area contributed by atoms with Gasteiger partial charge >= 0.3 is 0 Å². The molecule has 1 fully saturated rings. The van der Waals surface area contributed by atoms with Gasteiger partial charge in [0.1, 0.15) is 17.9 Å². The fraction of sp³-hybridized carbons (Fsp3) is 0.333. The average molecular weight is 503 g/mol. The third-order valence-electron chi connectivity index (χ3n) is 6.37. The minimum absolute atomic E-state index is 0.596. The Morgan fingerprint density at radius 1 is 1.00 bits per heavy atom. The quantitative estimate of drug-likeness (QED) is 0.345. The normalized spacial score (nSPS) is 14.0.